The number of nitro groups is 1. The number of carbonyl (C=O) groups is 2. The molecule has 152 valence electrons. The fourth-order valence-corrected chi connectivity index (χ4v) is 2.58. The molecule has 0 radical (unpaired) electrons. The molecule has 30 heavy (non-hydrogen) atoms. The van der Waals surface area contributed by atoms with Crippen LogP contribution in [-0.2, 0) is 0 Å². The molecule has 3 N–H and O–H groups in total. The molecule has 1 aromatic carbocycles. The van der Waals surface area contributed by atoms with Gasteiger partial charge in [-0.25, -0.2) is 10.2 Å². The minimum atomic E-state index is -0.652. The molecule has 0 atom stereocenters. The first-order valence-electron chi connectivity index (χ1n) is 8.22. The van der Waals surface area contributed by atoms with E-state index in [-0.39, 0.29) is 22.3 Å². The highest BCUT2D eigenvalue weighted by atomic mass is 32.1. The van der Waals surface area contributed by atoms with Gasteiger partial charge in [-0.3, -0.25) is 20.2 Å². The average Bonchev–Trinajstić information content (AvgIpc) is 3.38. The van der Waals surface area contributed by atoms with E-state index < -0.39 is 16.9 Å². The summed E-state index contributed by atoms with van der Waals surface area (Å²) in [6.45, 7) is 0. The van der Waals surface area contributed by atoms with Gasteiger partial charge in [-0.15, -0.1) is 5.10 Å². The maximum atomic E-state index is 12.2. The Morgan fingerprint density at radius 2 is 1.97 bits per heavy atom. The molecule has 0 aliphatic rings. The number of nitrogens with one attached hydrogen (secondary N) is 3. The maximum absolute atomic E-state index is 12.2. The number of allylic oxidation sites excluding steroid dienone is 1. The topological polar surface area (TPSA) is 165 Å². The second kappa shape index (κ2) is 9.70. The molecular formula is C17H13N7O5S. The predicted molar refractivity (Wildman–Crippen MR) is 109 cm³/mol. The van der Waals surface area contributed by atoms with Crippen molar-refractivity contribution < 1.29 is 18.9 Å². The van der Waals surface area contributed by atoms with Crippen molar-refractivity contribution in [2.75, 3.05) is 10.6 Å². The van der Waals surface area contributed by atoms with Crippen molar-refractivity contribution in [3.05, 3.63) is 69.3 Å². The zero-order chi connectivity index (χ0) is 21.3. The second-order valence-electron chi connectivity index (χ2n) is 5.41. The van der Waals surface area contributed by atoms with Crippen LogP contribution in [0.5, 0.6) is 0 Å². The number of hydrogen-bond acceptors (Lipinski definition) is 9. The van der Waals surface area contributed by atoms with Gasteiger partial charge in [0.15, 0.2) is 10.7 Å². The Kier molecular flexibility index (Phi) is 6.58. The third-order valence-electron chi connectivity index (χ3n) is 3.34. The summed E-state index contributed by atoms with van der Waals surface area (Å²) in [5.74, 6) is -0.770. The van der Waals surface area contributed by atoms with E-state index in [1.54, 1.807) is 24.3 Å². The number of hydrogen-bond donors (Lipinski definition) is 3. The van der Waals surface area contributed by atoms with Crippen LogP contribution in [0.2, 0.25) is 0 Å². The highest BCUT2D eigenvalue weighted by molar-refractivity contribution is 7.08. The first-order valence-corrected chi connectivity index (χ1v) is 9.00. The Morgan fingerprint density at radius 3 is 2.70 bits per heavy atom. The van der Waals surface area contributed by atoms with Gasteiger partial charge in [0, 0.05) is 11.9 Å². The van der Waals surface area contributed by atoms with Crippen molar-refractivity contribution in [2.45, 2.75) is 0 Å². The van der Waals surface area contributed by atoms with Crippen molar-refractivity contribution in [3.8, 4) is 0 Å². The number of urea groups is 1. The summed E-state index contributed by atoms with van der Waals surface area (Å²) in [6, 6.07) is 10.8. The van der Waals surface area contributed by atoms with E-state index in [0.717, 1.165) is 11.5 Å². The van der Waals surface area contributed by atoms with Gasteiger partial charge in [-0.05, 0) is 41.9 Å². The largest absolute Gasteiger partial charge is 0.433 e. The van der Waals surface area contributed by atoms with Crippen LogP contribution < -0.4 is 16.1 Å². The number of para-hydroxylation sites is 1. The Labute approximate surface area is 172 Å². The molecule has 13 heteroatoms. The van der Waals surface area contributed by atoms with Gasteiger partial charge in [0.25, 0.3) is 5.91 Å². The molecule has 0 saturated heterocycles. The summed E-state index contributed by atoms with van der Waals surface area (Å²) in [4.78, 5) is 34.2. The minimum absolute atomic E-state index is 0.0143. The normalized spacial score (nSPS) is 10.9. The number of benzene rings is 1. The van der Waals surface area contributed by atoms with Gasteiger partial charge in [-0.1, -0.05) is 22.7 Å². The zero-order valence-corrected chi connectivity index (χ0v) is 15.8. The van der Waals surface area contributed by atoms with Crippen LogP contribution in [0.3, 0.4) is 0 Å². The molecule has 0 aliphatic carbocycles. The third kappa shape index (κ3) is 5.56. The molecule has 0 aliphatic heterocycles. The molecule has 0 spiro atoms. The van der Waals surface area contributed by atoms with Crippen molar-refractivity contribution in [1.29, 1.82) is 0 Å². The van der Waals surface area contributed by atoms with Gasteiger partial charge in [0.05, 0.1) is 6.07 Å². The first-order chi connectivity index (χ1) is 14.5. The van der Waals surface area contributed by atoms with Crippen molar-refractivity contribution in [2.24, 2.45) is 5.10 Å². The van der Waals surface area contributed by atoms with E-state index in [1.807, 2.05) is 6.07 Å². The highest BCUT2D eigenvalue weighted by Crippen LogP contribution is 2.17. The lowest BCUT2D eigenvalue weighted by atomic mass is 10.3. The predicted octanol–water partition coefficient (Wildman–Crippen LogP) is 3.11. The van der Waals surface area contributed by atoms with E-state index in [9.17, 15) is 19.7 Å². The van der Waals surface area contributed by atoms with Crippen molar-refractivity contribution in [3.63, 3.8) is 0 Å². The van der Waals surface area contributed by atoms with E-state index in [1.165, 1.54) is 30.5 Å². The Morgan fingerprint density at radius 1 is 1.17 bits per heavy atom. The molecule has 2 aromatic heterocycles. The summed E-state index contributed by atoms with van der Waals surface area (Å²) in [6.07, 6.45) is 4.09. The molecule has 0 saturated carbocycles. The molecule has 0 fully saturated rings. The Hall–Kier alpha value is -4.39. The third-order valence-corrected chi connectivity index (χ3v) is 4.06. The molecule has 3 aromatic rings. The number of carbonyl (C=O) groups excluding carboxylic acids is 2. The number of furan rings is 1. The van der Waals surface area contributed by atoms with E-state index in [4.69, 9.17) is 4.42 Å². The fraction of sp³-hybridized carbons (Fsp3) is 0. The van der Waals surface area contributed by atoms with Crippen LogP contribution >= 0.6 is 11.5 Å². The Bertz CT molecular complexity index is 1110. The molecule has 0 bridgehead atoms. The summed E-state index contributed by atoms with van der Waals surface area (Å²) in [5, 5.41) is 23.0. The smallest absolute Gasteiger partial charge is 0.401 e. The van der Waals surface area contributed by atoms with Crippen LogP contribution in [0.25, 0.3) is 6.08 Å². The van der Waals surface area contributed by atoms with Gasteiger partial charge in [0.1, 0.15) is 10.7 Å². The van der Waals surface area contributed by atoms with Gasteiger partial charge >= 0.3 is 11.9 Å². The lowest BCUT2D eigenvalue weighted by molar-refractivity contribution is -0.402. The quantitative estimate of drug-likeness (QED) is 0.296. The van der Waals surface area contributed by atoms with Crippen LogP contribution in [0.4, 0.5) is 22.2 Å². The minimum Gasteiger partial charge on any atom is -0.401 e. The Balaban J connectivity index is 1.52. The monoisotopic (exact) mass is 427 g/mol. The SMILES string of the molecule is O=C(Nc1ccccc1)Nc1nnsc1C(=O)NN=CC=Cc1ccc([N+](=O)[O-])o1. The maximum Gasteiger partial charge on any atom is 0.433 e. The molecule has 0 unspecified atom stereocenters. The van der Waals surface area contributed by atoms with Crippen molar-refractivity contribution >= 4 is 53.2 Å². The summed E-state index contributed by atoms with van der Waals surface area (Å²) in [7, 11) is 0. The summed E-state index contributed by atoms with van der Waals surface area (Å²) >= 11 is 0.786. The summed E-state index contributed by atoms with van der Waals surface area (Å²) < 4.78 is 8.59. The lowest BCUT2D eigenvalue weighted by Gasteiger charge is -2.06. The van der Waals surface area contributed by atoms with Crippen LogP contribution in [0.1, 0.15) is 15.4 Å². The van der Waals surface area contributed by atoms with Crippen LogP contribution in [0.15, 0.2) is 58.1 Å². The van der Waals surface area contributed by atoms with Crippen LogP contribution in [-0.4, -0.2) is 32.7 Å². The number of anilines is 2. The first kappa shape index (κ1) is 20.3. The molecule has 2 heterocycles. The van der Waals surface area contributed by atoms with E-state index >= 15 is 0 Å². The van der Waals surface area contributed by atoms with Gasteiger partial charge in [0.2, 0.25) is 0 Å². The molecular weight excluding hydrogens is 414 g/mol. The standard InChI is InChI=1S/C17H13N7O5S/c25-16(22-18-10-4-7-12-8-9-13(29-12)24(27)28)14-15(21-23-30-14)20-17(26)19-11-5-2-1-3-6-11/h1-10H,(H,22,25)(H2,19,20,26). The average molecular weight is 427 g/mol. The number of rotatable bonds is 7. The van der Waals surface area contributed by atoms with Gasteiger partial charge < -0.3 is 9.73 Å². The van der Waals surface area contributed by atoms with Crippen LogP contribution in [0, 0.1) is 10.1 Å². The number of hydrazone groups is 1. The zero-order valence-electron chi connectivity index (χ0n) is 15.0. The number of amides is 3. The second-order valence-corrected chi connectivity index (χ2v) is 6.16. The van der Waals surface area contributed by atoms with Crippen molar-refractivity contribution in [1.82, 2.24) is 15.0 Å². The number of nitrogens with zero attached hydrogens (tertiary/aromatic N) is 4. The fourth-order valence-electron chi connectivity index (χ4n) is 2.07. The van der Waals surface area contributed by atoms with E-state index in [0.29, 0.717) is 5.69 Å². The summed E-state index contributed by atoms with van der Waals surface area (Å²) in [5.41, 5.74) is 2.83. The highest BCUT2D eigenvalue weighted by Gasteiger charge is 2.18. The van der Waals surface area contributed by atoms with E-state index in [2.05, 4.69) is 30.7 Å². The lowest BCUT2D eigenvalue weighted by Crippen LogP contribution is -2.23. The molecule has 3 amide bonds. The molecule has 12 nitrogen and oxygen atoms in total. The molecule has 3 rings (SSSR count). The number of aromatic nitrogens is 2. The van der Waals surface area contributed by atoms with Gasteiger partial charge in [-0.2, -0.15) is 5.10 Å².